The molecule has 1 unspecified atom stereocenters. The van der Waals surface area contributed by atoms with Gasteiger partial charge in [0.25, 0.3) is 0 Å². The van der Waals surface area contributed by atoms with Crippen molar-refractivity contribution in [2.24, 2.45) is 5.92 Å². The van der Waals surface area contributed by atoms with E-state index in [0.29, 0.717) is 6.42 Å². The van der Waals surface area contributed by atoms with Crippen molar-refractivity contribution >= 4 is 0 Å². The summed E-state index contributed by atoms with van der Waals surface area (Å²) in [6, 6.07) is 14.4. The molecule has 0 aliphatic rings. The van der Waals surface area contributed by atoms with E-state index in [2.05, 4.69) is 12.1 Å². The lowest BCUT2D eigenvalue weighted by Crippen LogP contribution is -2.01. The summed E-state index contributed by atoms with van der Waals surface area (Å²) in [4.78, 5) is 0. The molecular weight excluding hydrogens is 184 g/mol. The van der Waals surface area contributed by atoms with Crippen molar-refractivity contribution in [2.75, 3.05) is 0 Å². The largest absolute Gasteiger partial charge is 0.198 e. The molecule has 0 aliphatic carbocycles. The second kappa shape index (κ2) is 6.62. The summed E-state index contributed by atoms with van der Waals surface area (Å²) in [7, 11) is 0. The summed E-state index contributed by atoms with van der Waals surface area (Å²) in [5.74, 6) is 0.0424. The van der Waals surface area contributed by atoms with Crippen molar-refractivity contribution < 1.29 is 0 Å². The molecule has 1 rings (SSSR count). The third kappa shape index (κ3) is 4.29. The van der Waals surface area contributed by atoms with E-state index in [9.17, 15) is 0 Å². The smallest absolute Gasteiger partial charge is 0.0659 e. The maximum Gasteiger partial charge on any atom is 0.0659 e. The zero-order chi connectivity index (χ0) is 10.9. The highest BCUT2D eigenvalue weighted by Crippen LogP contribution is 2.14. The van der Waals surface area contributed by atoms with Gasteiger partial charge in [0.1, 0.15) is 0 Å². The summed E-state index contributed by atoms with van der Waals surface area (Å²) in [6.07, 6.45) is 2.98. The zero-order valence-corrected chi connectivity index (χ0v) is 8.69. The van der Waals surface area contributed by atoms with E-state index in [0.717, 1.165) is 19.3 Å². The molecule has 0 aromatic heterocycles. The molecule has 0 heterocycles. The maximum atomic E-state index is 8.95. The molecule has 1 atom stereocenters. The molecule has 0 amide bonds. The van der Waals surface area contributed by atoms with Gasteiger partial charge < -0.3 is 0 Å². The second-order valence-electron chi connectivity index (χ2n) is 3.57. The Kier molecular flexibility index (Phi) is 4.98. The number of benzene rings is 1. The third-order valence-electron chi connectivity index (χ3n) is 2.35. The second-order valence-corrected chi connectivity index (χ2v) is 3.57. The van der Waals surface area contributed by atoms with Crippen LogP contribution in [0.3, 0.4) is 0 Å². The van der Waals surface area contributed by atoms with E-state index < -0.39 is 0 Å². The summed E-state index contributed by atoms with van der Waals surface area (Å²) < 4.78 is 0. The Labute approximate surface area is 90.8 Å². The summed E-state index contributed by atoms with van der Waals surface area (Å²) in [5.41, 5.74) is 1.20. The average Bonchev–Trinajstić information content (AvgIpc) is 2.29. The fourth-order valence-electron chi connectivity index (χ4n) is 1.54. The highest BCUT2D eigenvalue weighted by Gasteiger charge is 2.07. The molecule has 0 N–H and O–H groups in total. The van der Waals surface area contributed by atoms with Gasteiger partial charge in [-0.15, -0.1) is 0 Å². The van der Waals surface area contributed by atoms with Crippen LogP contribution in [0.5, 0.6) is 0 Å². The molecule has 0 aliphatic heterocycles. The monoisotopic (exact) mass is 198 g/mol. The van der Waals surface area contributed by atoms with Crippen molar-refractivity contribution in [3.05, 3.63) is 35.9 Å². The standard InChI is InChI=1S/C13H14N2/c14-9-5-4-8-13(11-15)10-12-6-2-1-3-7-12/h1-3,6-7,13H,4-5,8,10H2. The normalized spacial score (nSPS) is 11.3. The van der Waals surface area contributed by atoms with Crippen molar-refractivity contribution in [3.8, 4) is 12.1 Å². The molecule has 0 saturated carbocycles. The van der Waals surface area contributed by atoms with Gasteiger partial charge in [-0.1, -0.05) is 30.3 Å². The Morgan fingerprint density at radius 1 is 1.13 bits per heavy atom. The quantitative estimate of drug-likeness (QED) is 0.682. The lowest BCUT2D eigenvalue weighted by Gasteiger charge is -2.07. The number of rotatable bonds is 5. The van der Waals surface area contributed by atoms with E-state index in [1.165, 1.54) is 5.56 Å². The molecule has 0 fully saturated rings. The topological polar surface area (TPSA) is 47.6 Å². The van der Waals surface area contributed by atoms with Crippen LogP contribution in [-0.4, -0.2) is 0 Å². The minimum absolute atomic E-state index is 0.0424. The van der Waals surface area contributed by atoms with Crippen LogP contribution < -0.4 is 0 Å². The lowest BCUT2D eigenvalue weighted by atomic mass is 9.95. The summed E-state index contributed by atoms with van der Waals surface area (Å²) in [6.45, 7) is 0. The fourth-order valence-corrected chi connectivity index (χ4v) is 1.54. The minimum Gasteiger partial charge on any atom is -0.198 e. The highest BCUT2D eigenvalue weighted by molar-refractivity contribution is 5.16. The summed E-state index contributed by atoms with van der Waals surface area (Å²) >= 11 is 0. The van der Waals surface area contributed by atoms with Gasteiger partial charge in [-0.05, 0) is 24.8 Å². The first-order valence-electron chi connectivity index (χ1n) is 5.17. The molecular formula is C13H14N2. The van der Waals surface area contributed by atoms with Crippen molar-refractivity contribution in [3.63, 3.8) is 0 Å². The van der Waals surface area contributed by atoms with Crippen LogP contribution in [0.15, 0.2) is 30.3 Å². The van der Waals surface area contributed by atoms with Crippen LogP contribution in [0.4, 0.5) is 0 Å². The SMILES string of the molecule is N#CCCCC(C#N)Cc1ccccc1. The van der Waals surface area contributed by atoms with Crippen LogP contribution in [-0.2, 0) is 6.42 Å². The first-order valence-corrected chi connectivity index (χ1v) is 5.17. The molecule has 15 heavy (non-hydrogen) atoms. The average molecular weight is 198 g/mol. The van der Waals surface area contributed by atoms with Crippen LogP contribution in [0, 0.1) is 28.6 Å². The van der Waals surface area contributed by atoms with E-state index in [1.807, 2.05) is 30.3 Å². The molecule has 2 nitrogen and oxygen atoms in total. The molecule has 1 aromatic carbocycles. The number of hydrogen-bond donors (Lipinski definition) is 0. The third-order valence-corrected chi connectivity index (χ3v) is 2.35. The number of nitriles is 2. The Bertz CT molecular complexity index is 356. The van der Waals surface area contributed by atoms with E-state index in [-0.39, 0.29) is 5.92 Å². The van der Waals surface area contributed by atoms with Crippen LogP contribution in [0.2, 0.25) is 0 Å². The summed E-state index contributed by atoms with van der Waals surface area (Å²) in [5, 5.41) is 17.4. The van der Waals surface area contributed by atoms with Gasteiger partial charge in [-0.25, -0.2) is 0 Å². The van der Waals surface area contributed by atoms with Gasteiger partial charge in [-0.3, -0.25) is 0 Å². The predicted molar refractivity (Wildman–Crippen MR) is 58.7 cm³/mol. The van der Waals surface area contributed by atoms with Crippen molar-refractivity contribution in [1.82, 2.24) is 0 Å². The number of unbranched alkanes of at least 4 members (excludes halogenated alkanes) is 1. The minimum atomic E-state index is 0.0424. The number of hydrogen-bond acceptors (Lipinski definition) is 2. The van der Waals surface area contributed by atoms with Gasteiger partial charge in [0.15, 0.2) is 0 Å². The Morgan fingerprint density at radius 3 is 2.47 bits per heavy atom. The van der Waals surface area contributed by atoms with E-state index in [1.54, 1.807) is 0 Å². The van der Waals surface area contributed by atoms with Crippen molar-refractivity contribution in [1.29, 1.82) is 10.5 Å². The Balaban J connectivity index is 2.42. The Morgan fingerprint density at radius 2 is 1.87 bits per heavy atom. The molecule has 0 radical (unpaired) electrons. The van der Waals surface area contributed by atoms with Gasteiger partial charge in [-0.2, -0.15) is 10.5 Å². The fraction of sp³-hybridized carbons (Fsp3) is 0.385. The maximum absolute atomic E-state index is 8.95. The van der Waals surface area contributed by atoms with Gasteiger partial charge in [0.05, 0.1) is 18.1 Å². The zero-order valence-electron chi connectivity index (χ0n) is 8.69. The van der Waals surface area contributed by atoms with Gasteiger partial charge in [0, 0.05) is 6.42 Å². The van der Waals surface area contributed by atoms with Crippen LogP contribution >= 0.6 is 0 Å². The number of nitrogens with zero attached hydrogens (tertiary/aromatic N) is 2. The van der Waals surface area contributed by atoms with Gasteiger partial charge >= 0.3 is 0 Å². The first kappa shape index (κ1) is 11.3. The van der Waals surface area contributed by atoms with E-state index in [4.69, 9.17) is 10.5 Å². The molecule has 76 valence electrons. The van der Waals surface area contributed by atoms with Crippen LogP contribution in [0.1, 0.15) is 24.8 Å². The van der Waals surface area contributed by atoms with Gasteiger partial charge in [0.2, 0.25) is 0 Å². The van der Waals surface area contributed by atoms with Crippen molar-refractivity contribution in [2.45, 2.75) is 25.7 Å². The molecule has 2 heteroatoms. The molecule has 0 bridgehead atoms. The highest BCUT2D eigenvalue weighted by atomic mass is 14.3. The molecule has 0 spiro atoms. The first-order chi connectivity index (χ1) is 7.36. The lowest BCUT2D eigenvalue weighted by molar-refractivity contribution is 0.575. The molecule has 0 saturated heterocycles. The van der Waals surface area contributed by atoms with Crippen LogP contribution in [0.25, 0.3) is 0 Å². The molecule has 1 aromatic rings. The predicted octanol–water partition coefficient (Wildman–Crippen LogP) is 3.06. The van der Waals surface area contributed by atoms with E-state index >= 15 is 0 Å². The Hall–Kier alpha value is -1.80.